The standard InChI is InChI=1S/C21H19FN4O2/c22-16-8-6-15(7-9-16)17-12-26-13-18(24-19(26)21(28)25-17)20(27)23-11-10-14-4-2-1-3-5-14/h1-9,13,17H,10-12H2,(H,23,27)(H,25,28). The number of benzene rings is 2. The minimum atomic E-state index is -0.357. The summed E-state index contributed by atoms with van der Waals surface area (Å²) in [6.45, 7) is 0.909. The summed E-state index contributed by atoms with van der Waals surface area (Å²) in [5.74, 6) is -0.803. The molecule has 1 unspecified atom stereocenters. The fourth-order valence-corrected chi connectivity index (χ4v) is 3.25. The first-order valence-corrected chi connectivity index (χ1v) is 9.06. The molecule has 0 aliphatic carbocycles. The van der Waals surface area contributed by atoms with E-state index in [2.05, 4.69) is 15.6 Å². The summed E-state index contributed by atoms with van der Waals surface area (Å²) in [6, 6.07) is 15.5. The molecular formula is C21H19FN4O2. The van der Waals surface area contributed by atoms with Crippen LogP contribution < -0.4 is 10.6 Å². The van der Waals surface area contributed by atoms with Gasteiger partial charge in [0.15, 0.2) is 5.82 Å². The maximum Gasteiger partial charge on any atom is 0.287 e. The van der Waals surface area contributed by atoms with E-state index in [9.17, 15) is 14.0 Å². The molecule has 4 rings (SSSR count). The van der Waals surface area contributed by atoms with Gasteiger partial charge in [0.1, 0.15) is 11.5 Å². The summed E-state index contributed by atoms with van der Waals surface area (Å²) < 4.78 is 14.8. The van der Waals surface area contributed by atoms with Crippen LogP contribution in [0.15, 0.2) is 60.8 Å². The van der Waals surface area contributed by atoms with Gasteiger partial charge in [0, 0.05) is 19.3 Å². The molecule has 1 aliphatic rings. The number of halogens is 1. The number of aromatic nitrogens is 2. The highest BCUT2D eigenvalue weighted by Gasteiger charge is 2.28. The van der Waals surface area contributed by atoms with Crippen molar-refractivity contribution >= 4 is 11.8 Å². The van der Waals surface area contributed by atoms with E-state index in [0.717, 1.165) is 11.1 Å². The van der Waals surface area contributed by atoms with Crippen LogP contribution in [0.3, 0.4) is 0 Å². The van der Waals surface area contributed by atoms with Crippen molar-refractivity contribution in [1.82, 2.24) is 20.2 Å². The first kappa shape index (κ1) is 17.9. The topological polar surface area (TPSA) is 76.0 Å². The number of carbonyl (C=O) groups is 2. The molecule has 3 aromatic rings. The van der Waals surface area contributed by atoms with Crippen LogP contribution >= 0.6 is 0 Å². The lowest BCUT2D eigenvalue weighted by Gasteiger charge is -2.25. The molecule has 142 valence electrons. The van der Waals surface area contributed by atoms with Crippen molar-refractivity contribution in [1.29, 1.82) is 0 Å². The lowest BCUT2D eigenvalue weighted by atomic mass is 10.1. The molecule has 0 radical (unpaired) electrons. The molecule has 28 heavy (non-hydrogen) atoms. The minimum absolute atomic E-state index is 0.201. The largest absolute Gasteiger partial charge is 0.350 e. The van der Waals surface area contributed by atoms with E-state index in [4.69, 9.17) is 0 Å². The third kappa shape index (κ3) is 3.78. The Kier molecular flexibility index (Phi) is 4.89. The number of rotatable bonds is 5. The second-order valence-electron chi connectivity index (χ2n) is 6.67. The number of amides is 2. The molecule has 2 amide bonds. The maximum absolute atomic E-state index is 13.1. The number of hydrogen-bond donors (Lipinski definition) is 2. The van der Waals surface area contributed by atoms with Gasteiger partial charge in [0.05, 0.1) is 6.04 Å². The van der Waals surface area contributed by atoms with Crippen molar-refractivity contribution in [2.75, 3.05) is 6.54 Å². The summed E-state index contributed by atoms with van der Waals surface area (Å²) in [5.41, 5.74) is 2.13. The molecule has 2 heterocycles. The highest BCUT2D eigenvalue weighted by Crippen LogP contribution is 2.21. The predicted molar refractivity (Wildman–Crippen MR) is 101 cm³/mol. The van der Waals surface area contributed by atoms with E-state index in [1.165, 1.54) is 12.1 Å². The van der Waals surface area contributed by atoms with E-state index in [1.54, 1.807) is 22.9 Å². The molecule has 0 bridgehead atoms. The lowest BCUT2D eigenvalue weighted by Crippen LogP contribution is -2.38. The molecule has 0 fully saturated rings. The first-order valence-electron chi connectivity index (χ1n) is 9.06. The van der Waals surface area contributed by atoms with Gasteiger partial charge in [-0.05, 0) is 29.7 Å². The highest BCUT2D eigenvalue weighted by molar-refractivity contribution is 5.96. The number of carbonyl (C=O) groups excluding carboxylic acids is 2. The van der Waals surface area contributed by atoms with Gasteiger partial charge < -0.3 is 15.2 Å². The summed E-state index contributed by atoms with van der Waals surface area (Å²) in [5, 5.41) is 5.68. The molecule has 1 aliphatic heterocycles. The van der Waals surface area contributed by atoms with Crippen molar-refractivity contribution in [3.05, 3.63) is 89.3 Å². The van der Waals surface area contributed by atoms with E-state index in [1.807, 2.05) is 30.3 Å². The number of hydrogen-bond acceptors (Lipinski definition) is 3. The Morgan fingerprint density at radius 2 is 1.93 bits per heavy atom. The van der Waals surface area contributed by atoms with Crippen molar-refractivity contribution in [2.24, 2.45) is 0 Å². The van der Waals surface area contributed by atoms with Crippen LogP contribution in [0.2, 0.25) is 0 Å². The zero-order valence-corrected chi connectivity index (χ0v) is 15.1. The van der Waals surface area contributed by atoms with Crippen molar-refractivity contribution in [2.45, 2.75) is 19.0 Å². The van der Waals surface area contributed by atoms with Crippen molar-refractivity contribution in [3.63, 3.8) is 0 Å². The Bertz CT molecular complexity index is 999. The fraction of sp³-hybridized carbons (Fsp3) is 0.190. The van der Waals surface area contributed by atoms with Gasteiger partial charge in [-0.2, -0.15) is 0 Å². The third-order valence-electron chi connectivity index (χ3n) is 4.71. The van der Waals surface area contributed by atoms with Gasteiger partial charge >= 0.3 is 0 Å². The molecule has 0 spiro atoms. The van der Waals surface area contributed by atoms with Crippen LogP contribution in [0, 0.1) is 5.82 Å². The Morgan fingerprint density at radius 3 is 2.68 bits per heavy atom. The second-order valence-corrected chi connectivity index (χ2v) is 6.67. The van der Waals surface area contributed by atoms with Crippen molar-refractivity contribution < 1.29 is 14.0 Å². The number of nitrogens with zero attached hydrogens (tertiary/aromatic N) is 2. The lowest BCUT2D eigenvalue weighted by molar-refractivity contribution is 0.0894. The van der Waals surface area contributed by atoms with Crippen LogP contribution in [0.1, 0.15) is 38.3 Å². The average Bonchev–Trinajstić information content (AvgIpc) is 3.14. The Morgan fingerprint density at radius 1 is 1.18 bits per heavy atom. The summed E-state index contributed by atoms with van der Waals surface area (Å²) in [6.07, 6.45) is 2.30. The van der Waals surface area contributed by atoms with Gasteiger partial charge in [-0.25, -0.2) is 9.37 Å². The van der Waals surface area contributed by atoms with E-state index >= 15 is 0 Å². The van der Waals surface area contributed by atoms with Crippen LogP contribution in [0.25, 0.3) is 0 Å². The summed E-state index contributed by atoms with van der Waals surface area (Å²) in [4.78, 5) is 28.9. The van der Waals surface area contributed by atoms with Gasteiger partial charge in [0.25, 0.3) is 11.8 Å². The first-order chi connectivity index (χ1) is 13.6. The van der Waals surface area contributed by atoms with Crippen LogP contribution in [0.4, 0.5) is 4.39 Å². The van der Waals surface area contributed by atoms with E-state index < -0.39 is 0 Å². The molecule has 1 atom stereocenters. The zero-order chi connectivity index (χ0) is 19.5. The zero-order valence-electron chi connectivity index (χ0n) is 15.1. The number of fused-ring (bicyclic) bond motifs is 1. The van der Waals surface area contributed by atoms with Gasteiger partial charge in [0.2, 0.25) is 0 Å². The third-order valence-corrected chi connectivity index (χ3v) is 4.71. The SMILES string of the molecule is O=C(NCCc1ccccc1)c1cn2c(n1)C(=O)NC(c1ccc(F)cc1)C2. The molecule has 0 saturated heterocycles. The predicted octanol–water partition coefficient (Wildman–Crippen LogP) is 2.48. The van der Waals surface area contributed by atoms with Gasteiger partial charge in [-0.1, -0.05) is 42.5 Å². The van der Waals surface area contributed by atoms with Gasteiger partial charge in [-0.15, -0.1) is 0 Å². The maximum atomic E-state index is 13.1. The molecule has 0 saturated carbocycles. The highest BCUT2D eigenvalue weighted by atomic mass is 19.1. The smallest absolute Gasteiger partial charge is 0.287 e. The molecule has 2 N–H and O–H groups in total. The second kappa shape index (κ2) is 7.64. The average molecular weight is 378 g/mol. The Labute approximate surface area is 161 Å². The van der Waals surface area contributed by atoms with E-state index in [-0.39, 0.29) is 35.2 Å². The Hall–Kier alpha value is -3.48. The molecule has 7 heteroatoms. The van der Waals surface area contributed by atoms with Crippen LogP contribution in [-0.4, -0.2) is 27.9 Å². The van der Waals surface area contributed by atoms with Crippen molar-refractivity contribution in [3.8, 4) is 0 Å². The van der Waals surface area contributed by atoms with Crippen LogP contribution in [-0.2, 0) is 13.0 Å². The normalized spacial score (nSPS) is 15.6. The number of imidazole rings is 1. The monoisotopic (exact) mass is 378 g/mol. The molecular weight excluding hydrogens is 359 g/mol. The molecule has 6 nitrogen and oxygen atoms in total. The Balaban J connectivity index is 1.43. The quantitative estimate of drug-likeness (QED) is 0.716. The van der Waals surface area contributed by atoms with Crippen LogP contribution in [0.5, 0.6) is 0 Å². The summed E-state index contributed by atoms with van der Waals surface area (Å²) >= 11 is 0. The molecule has 2 aromatic carbocycles. The van der Waals surface area contributed by atoms with Gasteiger partial charge in [-0.3, -0.25) is 9.59 Å². The van der Waals surface area contributed by atoms with E-state index in [0.29, 0.717) is 19.5 Å². The fourth-order valence-electron chi connectivity index (χ4n) is 3.25. The molecule has 1 aromatic heterocycles. The minimum Gasteiger partial charge on any atom is -0.350 e. The number of nitrogens with one attached hydrogen (secondary N) is 2. The summed E-state index contributed by atoms with van der Waals surface area (Å²) in [7, 11) is 0.